The first-order valence-corrected chi connectivity index (χ1v) is 9.67. The van der Waals surface area contributed by atoms with Gasteiger partial charge < -0.3 is 10.1 Å². The number of anilines is 1. The van der Waals surface area contributed by atoms with Crippen molar-refractivity contribution < 1.29 is 14.3 Å². The zero-order valence-electron chi connectivity index (χ0n) is 16.9. The van der Waals surface area contributed by atoms with Crippen molar-refractivity contribution in [3.8, 4) is 5.75 Å². The second kappa shape index (κ2) is 8.00. The summed E-state index contributed by atoms with van der Waals surface area (Å²) in [5, 5.41) is 2.88. The van der Waals surface area contributed by atoms with Gasteiger partial charge in [-0.3, -0.25) is 14.5 Å². The number of nitrogens with zero attached hydrogens (tertiary/aromatic N) is 2. The third-order valence-corrected chi connectivity index (χ3v) is 5.09. The zero-order valence-corrected chi connectivity index (χ0v) is 16.9. The molecule has 0 saturated carbocycles. The van der Waals surface area contributed by atoms with Crippen LogP contribution in [0.5, 0.6) is 5.75 Å². The van der Waals surface area contributed by atoms with Gasteiger partial charge in [0.1, 0.15) is 0 Å². The topological polar surface area (TPSA) is 71.5 Å². The van der Waals surface area contributed by atoms with Gasteiger partial charge in [0.2, 0.25) is 0 Å². The van der Waals surface area contributed by atoms with Crippen LogP contribution in [-0.2, 0) is 16.1 Å². The summed E-state index contributed by atoms with van der Waals surface area (Å²) in [5.74, 6) is 0.0864. The van der Waals surface area contributed by atoms with Gasteiger partial charge in [0.25, 0.3) is 17.4 Å². The Labute approximate surface area is 165 Å². The van der Waals surface area contributed by atoms with Crippen molar-refractivity contribution in [2.75, 3.05) is 11.4 Å². The number of ether oxygens (including phenoxy) is 1. The third kappa shape index (κ3) is 3.72. The molecule has 1 aliphatic rings. The van der Waals surface area contributed by atoms with Gasteiger partial charge in [-0.25, -0.2) is 4.98 Å². The zero-order chi connectivity index (χ0) is 20.3. The molecule has 0 fully saturated rings. The van der Waals surface area contributed by atoms with Crippen molar-refractivity contribution in [2.24, 2.45) is 0 Å². The van der Waals surface area contributed by atoms with E-state index in [0.717, 1.165) is 29.5 Å². The molecule has 1 aromatic carbocycles. The summed E-state index contributed by atoms with van der Waals surface area (Å²) in [6.07, 6.45) is 3.38. The normalized spacial score (nSPS) is 18.4. The summed E-state index contributed by atoms with van der Waals surface area (Å²) >= 11 is 0. The standard InChI is InChI=1S/C22H27N3O3/c1-5-6-12-25-19-18(8-7-11-23-19)28-22(4,21(25)27)20(26)24-14-17-13-15(2)9-10-16(17)3/h7-11,13H,5-6,12,14H2,1-4H3,(H,24,26). The molecular formula is C22H27N3O3. The highest BCUT2D eigenvalue weighted by Gasteiger charge is 2.50. The number of unbranched alkanes of at least 4 members (excludes halogenated alkanes) is 1. The fourth-order valence-electron chi connectivity index (χ4n) is 3.28. The lowest BCUT2D eigenvalue weighted by atomic mass is 10.00. The van der Waals surface area contributed by atoms with E-state index in [1.807, 2.05) is 32.0 Å². The molecule has 1 N–H and O–H groups in total. The molecule has 28 heavy (non-hydrogen) atoms. The number of amides is 2. The fourth-order valence-corrected chi connectivity index (χ4v) is 3.28. The molecule has 1 unspecified atom stereocenters. The Morgan fingerprint density at radius 2 is 2.07 bits per heavy atom. The van der Waals surface area contributed by atoms with Crippen molar-refractivity contribution in [3.05, 3.63) is 53.2 Å². The number of hydrogen-bond acceptors (Lipinski definition) is 4. The minimum absolute atomic E-state index is 0.341. The average Bonchev–Trinajstić information content (AvgIpc) is 2.68. The fraction of sp³-hybridized carbons (Fsp3) is 0.409. The van der Waals surface area contributed by atoms with Crippen molar-refractivity contribution in [1.29, 1.82) is 0 Å². The van der Waals surface area contributed by atoms with Gasteiger partial charge >= 0.3 is 0 Å². The first kappa shape index (κ1) is 19.9. The number of benzene rings is 1. The predicted octanol–water partition coefficient (Wildman–Crippen LogP) is 3.30. The van der Waals surface area contributed by atoms with E-state index in [9.17, 15) is 9.59 Å². The lowest BCUT2D eigenvalue weighted by Crippen LogP contribution is -2.62. The lowest BCUT2D eigenvalue weighted by molar-refractivity contribution is -0.148. The minimum Gasteiger partial charge on any atom is -0.464 e. The van der Waals surface area contributed by atoms with Crippen molar-refractivity contribution >= 4 is 17.6 Å². The molecule has 0 bridgehead atoms. The highest BCUT2D eigenvalue weighted by molar-refractivity contribution is 6.16. The van der Waals surface area contributed by atoms with Crippen molar-refractivity contribution in [3.63, 3.8) is 0 Å². The number of pyridine rings is 1. The SMILES string of the molecule is CCCCN1C(=O)C(C)(C(=O)NCc2cc(C)ccc2C)Oc2cccnc21. The van der Waals surface area contributed by atoms with Gasteiger partial charge in [0.15, 0.2) is 11.6 Å². The first-order chi connectivity index (χ1) is 13.4. The van der Waals surface area contributed by atoms with Crippen LogP contribution in [0.3, 0.4) is 0 Å². The number of aryl methyl sites for hydroxylation is 2. The highest BCUT2D eigenvalue weighted by atomic mass is 16.5. The van der Waals surface area contributed by atoms with Crippen LogP contribution in [0.15, 0.2) is 36.5 Å². The molecule has 1 atom stereocenters. The number of hydrogen-bond donors (Lipinski definition) is 1. The lowest BCUT2D eigenvalue weighted by Gasteiger charge is -2.38. The maximum absolute atomic E-state index is 13.2. The molecule has 148 valence electrons. The molecule has 6 heteroatoms. The molecule has 6 nitrogen and oxygen atoms in total. The van der Waals surface area contributed by atoms with Crippen LogP contribution in [0.25, 0.3) is 0 Å². The van der Waals surface area contributed by atoms with E-state index < -0.39 is 11.5 Å². The van der Waals surface area contributed by atoms with Crippen LogP contribution in [0.1, 0.15) is 43.4 Å². The smallest absolute Gasteiger partial charge is 0.282 e. The van der Waals surface area contributed by atoms with Gasteiger partial charge in [-0.15, -0.1) is 0 Å². The second-order valence-electron chi connectivity index (χ2n) is 7.38. The Bertz CT molecular complexity index is 896. The molecular weight excluding hydrogens is 354 g/mol. The molecule has 1 aromatic heterocycles. The molecule has 3 rings (SSSR count). The van der Waals surface area contributed by atoms with Crippen LogP contribution in [0.4, 0.5) is 5.82 Å². The number of rotatable bonds is 6. The summed E-state index contributed by atoms with van der Waals surface area (Å²) in [5.41, 5.74) is 1.61. The van der Waals surface area contributed by atoms with E-state index in [2.05, 4.69) is 17.2 Å². The average molecular weight is 381 g/mol. The van der Waals surface area contributed by atoms with Crippen LogP contribution >= 0.6 is 0 Å². The Morgan fingerprint density at radius 3 is 2.82 bits per heavy atom. The largest absolute Gasteiger partial charge is 0.464 e. The van der Waals surface area contributed by atoms with E-state index >= 15 is 0 Å². The van der Waals surface area contributed by atoms with Crippen LogP contribution < -0.4 is 15.0 Å². The molecule has 2 aromatic rings. The Morgan fingerprint density at radius 1 is 1.29 bits per heavy atom. The van der Waals surface area contributed by atoms with Crippen LogP contribution in [0.2, 0.25) is 0 Å². The molecule has 0 radical (unpaired) electrons. The van der Waals surface area contributed by atoms with Gasteiger partial charge in [0.05, 0.1) is 0 Å². The summed E-state index contributed by atoms with van der Waals surface area (Å²) in [4.78, 5) is 32.1. The maximum Gasteiger partial charge on any atom is 0.282 e. The molecule has 0 aliphatic carbocycles. The van der Waals surface area contributed by atoms with Gasteiger partial charge in [-0.1, -0.05) is 37.1 Å². The number of carbonyl (C=O) groups excluding carboxylic acids is 2. The Hall–Kier alpha value is -2.89. The van der Waals surface area contributed by atoms with Gasteiger partial charge in [-0.05, 0) is 50.5 Å². The van der Waals surface area contributed by atoms with E-state index in [4.69, 9.17) is 4.74 Å². The Balaban J connectivity index is 1.84. The second-order valence-corrected chi connectivity index (χ2v) is 7.38. The number of aromatic nitrogens is 1. The van der Waals surface area contributed by atoms with Gasteiger partial charge in [-0.2, -0.15) is 0 Å². The van der Waals surface area contributed by atoms with Gasteiger partial charge in [0, 0.05) is 19.3 Å². The first-order valence-electron chi connectivity index (χ1n) is 9.67. The molecule has 0 spiro atoms. The Kier molecular flexibility index (Phi) is 5.68. The maximum atomic E-state index is 13.2. The molecule has 0 saturated heterocycles. The quantitative estimate of drug-likeness (QED) is 0.780. The summed E-state index contributed by atoms with van der Waals surface area (Å²) < 4.78 is 5.88. The third-order valence-electron chi connectivity index (χ3n) is 5.09. The molecule has 2 amide bonds. The van der Waals surface area contributed by atoms with Crippen molar-refractivity contribution in [1.82, 2.24) is 10.3 Å². The summed E-state index contributed by atoms with van der Waals surface area (Å²) in [6.45, 7) is 8.44. The van der Waals surface area contributed by atoms with Crippen molar-refractivity contribution in [2.45, 2.75) is 52.7 Å². The van der Waals surface area contributed by atoms with E-state index in [-0.39, 0.29) is 5.91 Å². The number of fused-ring (bicyclic) bond motifs is 1. The molecule has 1 aliphatic heterocycles. The highest BCUT2D eigenvalue weighted by Crippen LogP contribution is 2.36. The van der Waals surface area contributed by atoms with E-state index in [1.165, 1.54) is 6.92 Å². The van der Waals surface area contributed by atoms with Crippen LogP contribution in [0, 0.1) is 13.8 Å². The van der Waals surface area contributed by atoms with E-state index in [1.54, 1.807) is 23.2 Å². The number of carbonyl (C=O) groups is 2. The van der Waals surface area contributed by atoms with Crippen LogP contribution in [-0.4, -0.2) is 28.9 Å². The molecule has 2 heterocycles. The number of nitrogens with one attached hydrogen (secondary N) is 1. The minimum atomic E-state index is -1.62. The summed E-state index contributed by atoms with van der Waals surface area (Å²) in [6, 6.07) is 9.57. The predicted molar refractivity (Wildman–Crippen MR) is 108 cm³/mol. The summed E-state index contributed by atoms with van der Waals surface area (Å²) in [7, 11) is 0. The van der Waals surface area contributed by atoms with E-state index in [0.29, 0.717) is 24.7 Å². The monoisotopic (exact) mass is 381 g/mol.